The number of hydrogen-bond donors (Lipinski definition) is 0. The maximum absolute atomic E-state index is 5.20. The molecule has 1 aromatic heterocycles. The van der Waals surface area contributed by atoms with Crippen LogP contribution in [0.5, 0.6) is 0 Å². The summed E-state index contributed by atoms with van der Waals surface area (Å²) in [7, 11) is 1.64. The largest absolute Gasteiger partial charge is 0.430 e. The van der Waals surface area contributed by atoms with E-state index in [1.807, 2.05) is 0 Å². The predicted molar refractivity (Wildman–Crippen MR) is 46.9 cm³/mol. The molecule has 0 spiro atoms. The van der Waals surface area contributed by atoms with E-state index in [2.05, 4.69) is 16.7 Å². The maximum atomic E-state index is 5.20. The molecular weight excluding hydrogens is 154 g/mol. The number of aliphatic imine (C=N–C) groups is 1. The Labute approximate surface area is 71.2 Å². The Balaban J connectivity index is 2.78. The van der Waals surface area contributed by atoms with Crippen LogP contribution in [0.2, 0.25) is 0 Å². The Morgan fingerprint density at radius 1 is 1.67 bits per heavy atom. The zero-order valence-corrected chi connectivity index (χ0v) is 7.19. The summed E-state index contributed by atoms with van der Waals surface area (Å²) in [6.07, 6.45) is 3.41. The number of hydrogen-bond acceptors (Lipinski definition) is 3. The summed E-state index contributed by atoms with van der Waals surface area (Å²) >= 11 is 0. The third-order valence-electron chi connectivity index (χ3n) is 1.16. The minimum atomic E-state index is 0.424. The molecule has 0 bridgehead atoms. The van der Waals surface area contributed by atoms with E-state index in [9.17, 15) is 0 Å². The van der Waals surface area contributed by atoms with Crippen molar-refractivity contribution in [1.29, 1.82) is 0 Å². The van der Waals surface area contributed by atoms with Gasteiger partial charge in [0.2, 0.25) is 0 Å². The average Bonchev–Trinajstić information content (AvgIpc) is 2.51. The number of ether oxygens (including phenoxy) is 1. The molecule has 0 atom stereocenters. The van der Waals surface area contributed by atoms with E-state index in [-0.39, 0.29) is 0 Å². The Kier molecular flexibility index (Phi) is 2.63. The fraction of sp³-hybridized carbons (Fsp3) is 0.250. The van der Waals surface area contributed by atoms with Gasteiger partial charge < -0.3 is 4.74 Å². The van der Waals surface area contributed by atoms with Crippen LogP contribution in [-0.2, 0) is 4.74 Å². The predicted octanol–water partition coefficient (Wildman–Crippen LogP) is 1.27. The van der Waals surface area contributed by atoms with Crippen LogP contribution in [0.4, 0.5) is 0 Å². The molecule has 0 radical (unpaired) electrons. The molecule has 0 fully saturated rings. The average molecular weight is 165 g/mol. The van der Waals surface area contributed by atoms with Gasteiger partial charge in [-0.2, -0.15) is 9.78 Å². The highest BCUT2D eigenvalue weighted by molar-refractivity contribution is 5.75. The Morgan fingerprint density at radius 2 is 2.42 bits per heavy atom. The van der Waals surface area contributed by atoms with Crippen LogP contribution in [0.1, 0.15) is 6.92 Å². The summed E-state index contributed by atoms with van der Waals surface area (Å²) in [6, 6.07) is 2.22. The fourth-order valence-corrected chi connectivity index (χ4v) is 0.733. The molecular formula is C8H11N3O. The SMILES string of the molecule is C=C(C)O/C(=N\C)n1cccn1. The lowest BCUT2D eigenvalue weighted by Gasteiger charge is -2.05. The van der Waals surface area contributed by atoms with Crippen molar-refractivity contribution >= 4 is 6.02 Å². The lowest BCUT2D eigenvalue weighted by atomic mass is 10.7. The van der Waals surface area contributed by atoms with Crippen molar-refractivity contribution in [2.24, 2.45) is 4.99 Å². The lowest BCUT2D eigenvalue weighted by molar-refractivity contribution is 0.393. The first-order chi connectivity index (χ1) is 5.74. The third kappa shape index (κ3) is 1.95. The first-order valence-corrected chi connectivity index (χ1v) is 3.54. The van der Waals surface area contributed by atoms with E-state index in [1.54, 1.807) is 32.4 Å². The van der Waals surface area contributed by atoms with Crippen molar-refractivity contribution in [2.45, 2.75) is 6.92 Å². The highest BCUT2D eigenvalue weighted by atomic mass is 16.5. The highest BCUT2D eigenvalue weighted by Gasteiger charge is 2.01. The normalized spacial score (nSPS) is 11.3. The van der Waals surface area contributed by atoms with Crippen molar-refractivity contribution in [1.82, 2.24) is 9.78 Å². The van der Waals surface area contributed by atoms with Crippen LogP contribution in [0.25, 0.3) is 0 Å². The second-order valence-corrected chi connectivity index (χ2v) is 2.26. The summed E-state index contributed by atoms with van der Waals surface area (Å²) in [5.74, 6) is 0.589. The van der Waals surface area contributed by atoms with Gasteiger partial charge in [0.15, 0.2) is 0 Å². The molecule has 0 amide bonds. The molecule has 4 heteroatoms. The molecule has 1 rings (SSSR count). The molecule has 0 saturated heterocycles. The fourth-order valence-electron chi connectivity index (χ4n) is 0.733. The van der Waals surface area contributed by atoms with Gasteiger partial charge in [0.1, 0.15) is 0 Å². The van der Waals surface area contributed by atoms with Gasteiger partial charge in [0.05, 0.1) is 5.76 Å². The Morgan fingerprint density at radius 3 is 2.83 bits per heavy atom. The molecule has 0 saturated carbocycles. The van der Waals surface area contributed by atoms with Crippen molar-refractivity contribution in [2.75, 3.05) is 7.05 Å². The molecule has 0 aromatic carbocycles. The summed E-state index contributed by atoms with van der Waals surface area (Å²) in [6.45, 7) is 5.37. The van der Waals surface area contributed by atoms with Gasteiger partial charge in [0, 0.05) is 19.4 Å². The Bertz CT molecular complexity index is 287. The van der Waals surface area contributed by atoms with E-state index in [4.69, 9.17) is 4.74 Å². The minimum absolute atomic E-state index is 0.424. The van der Waals surface area contributed by atoms with E-state index in [1.165, 1.54) is 4.68 Å². The van der Waals surface area contributed by atoms with Crippen molar-refractivity contribution in [3.63, 3.8) is 0 Å². The monoisotopic (exact) mass is 165 g/mol. The van der Waals surface area contributed by atoms with E-state index in [0.717, 1.165) is 0 Å². The van der Waals surface area contributed by atoms with Crippen LogP contribution < -0.4 is 0 Å². The van der Waals surface area contributed by atoms with Crippen LogP contribution >= 0.6 is 0 Å². The number of nitrogens with zero attached hydrogens (tertiary/aromatic N) is 3. The molecule has 0 unspecified atom stereocenters. The highest BCUT2D eigenvalue weighted by Crippen LogP contribution is 1.95. The van der Waals surface area contributed by atoms with Gasteiger partial charge >= 0.3 is 6.02 Å². The summed E-state index contributed by atoms with van der Waals surface area (Å²) in [5, 5.41) is 3.96. The number of allylic oxidation sites excluding steroid dienone is 1. The molecule has 1 aromatic rings. The standard InChI is InChI=1S/C8H11N3O/c1-7(2)12-8(9-3)11-6-4-5-10-11/h4-6H,1H2,2-3H3/b9-8-. The third-order valence-corrected chi connectivity index (χ3v) is 1.16. The minimum Gasteiger partial charge on any atom is -0.430 e. The smallest absolute Gasteiger partial charge is 0.317 e. The molecule has 64 valence electrons. The van der Waals surface area contributed by atoms with Crippen LogP contribution in [0.3, 0.4) is 0 Å². The van der Waals surface area contributed by atoms with Crippen LogP contribution in [0.15, 0.2) is 35.8 Å². The topological polar surface area (TPSA) is 39.4 Å². The molecule has 1 heterocycles. The van der Waals surface area contributed by atoms with Gasteiger partial charge in [-0.3, -0.25) is 0 Å². The maximum Gasteiger partial charge on any atom is 0.317 e. The van der Waals surface area contributed by atoms with Gasteiger partial charge in [0.25, 0.3) is 0 Å². The van der Waals surface area contributed by atoms with Crippen molar-refractivity contribution in [3.05, 3.63) is 30.8 Å². The quantitative estimate of drug-likeness (QED) is 0.357. The zero-order chi connectivity index (χ0) is 8.97. The zero-order valence-electron chi connectivity index (χ0n) is 7.19. The number of aromatic nitrogens is 2. The van der Waals surface area contributed by atoms with E-state index < -0.39 is 0 Å². The second kappa shape index (κ2) is 3.71. The van der Waals surface area contributed by atoms with Crippen molar-refractivity contribution < 1.29 is 4.74 Å². The molecule has 0 aliphatic heterocycles. The summed E-state index contributed by atoms with van der Waals surface area (Å²) in [5.41, 5.74) is 0. The number of rotatable bonds is 1. The molecule has 4 nitrogen and oxygen atoms in total. The second-order valence-electron chi connectivity index (χ2n) is 2.26. The first kappa shape index (κ1) is 8.52. The summed E-state index contributed by atoms with van der Waals surface area (Å²) in [4.78, 5) is 3.90. The van der Waals surface area contributed by atoms with Gasteiger partial charge in [-0.25, -0.2) is 4.99 Å². The summed E-state index contributed by atoms with van der Waals surface area (Å²) < 4.78 is 6.74. The lowest BCUT2D eigenvalue weighted by Crippen LogP contribution is -2.15. The Hall–Kier alpha value is -1.58. The van der Waals surface area contributed by atoms with Crippen molar-refractivity contribution in [3.8, 4) is 0 Å². The molecule has 12 heavy (non-hydrogen) atoms. The van der Waals surface area contributed by atoms with Crippen LogP contribution in [-0.4, -0.2) is 22.8 Å². The first-order valence-electron chi connectivity index (χ1n) is 3.54. The van der Waals surface area contributed by atoms with E-state index >= 15 is 0 Å². The van der Waals surface area contributed by atoms with E-state index in [0.29, 0.717) is 11.8 Å². The van der Waals surface area contributed by atoms with Crippen LogP contribution in [0, 0.1) is 0 Å². The molecule has 0 aliphatic carbocycles. The molecule has 0 N–H and O–H groups in total. The van der Waals surface area contributed by atoms with Gasteiger partial charge in [-0.05, 0) is 13.0 Å². The van der Waals surface area contributed by atoms with Gasteiger partial charge in [-0.15, -0.1) is 0 Å². The van der Waals surface area contributed by atoms with Gasteiger partial charge in [-0.1, -0.05) is 6.58 Å². The molecule has 0 aliphatic rings.